The van der Waals surface area contributed by atoms with Crippen LogP contribution in [-0.2, 0) is 9.59 Å². The van der Waals surface area contributed by atoms with E-state index in [0.29, 0.717) is 13.0 Å². The molecule has 0 bridgehead atoms. The van der Waals surface area contributed by atoms with E-state index in [9.17, 15) is 19.8 Å². The summed E-state index contributed by atoms with van der Waals surface area (Å²) in [4.78, 5) is 23.7. The lowest BCUT2D eigenvalue weighted by Crippen LogP contribution is -2.47. The first-order valence-corrected chi connectivity index (χ1v) is 9.85. The summed E-state index contributed by atoms with van der Waals surface area (Å²) in [5.74, 6) is -0.690. The Balaban J connectivity index is 3.83. The third-order valence-corrected chi connectivity index (χ3v) is 4.63. The van der Waals surface area contributed by atoms with Gasteiger partial charge in [0.05, 0.1) is 6.61 Å². The molecule has 6 heteroatoms. The maximum atomic E-state index is 12.0. The molecule has 0 unspecified atom stereocenters. The van der Waals surface area contributed by atoms with E-state index in [2.05, 4.69) is 24.1 Å². The van der Waals surface area contributed by atoms with E-state index in [1.807, 2.05) is 0 Å². The van der Waals surface area contributed by atoms with Gasteiger partial charge in [-0.15, -0.1) is 6.58 Å². The number of hydrogen-bond acceptors (Lipinski definition) is 4. The van der Waals surface area contributed by atoms with Gasteiger partial charge >= 0.3 is 0 Å². The summed E-state index contributed by atoms with van der Waals surface area (Å²) in [5.41, 5.74) is -0.967. The zero-order valence-electron chi connectivity index (χ0n) is 16.6. The number of aliphatic hydroxyl groups excluding tert-OH is 2. The topological polar surface area (TPSA) is 98.7 Å². The van der Waals surface area contributed by atoms with Crippen molar-refractivity contribution in [2.75, 3.05) is 19.7 Å². The molecule has 0 aromatic rings. The molecule has 0 spiro atoms. The Kier molecular flexibility index (Phi) is 13.9. The molecule has 0 fully saturated rings. The van der Waals surface area contributed by atoms with Crippen molar-refractivity contribution in [3.8, 4) is 0 Å². The summed E-state index contributed by atoms with van der Waals surface area (Å²) in [7, 11) is 0. The van der Waals surface area contributed by atoms with Crippen molar-refractivity contribution in [3.63, 3.8) is 0 Å². The molecule has 26 heavy (non-hydrogen) atoms. The van der Waals surface area contributed by atoms with Gasteiger partial charge < -0.3 is 20.8 Å². The van der Waals surface area contributed by atoms with E-state index in [1.165, 1.54) is 32.1 Å². The molecule has 0 aliphatic rings. The van der Waals surface area contributed by atoms with Crippen LogP contribution in [0.1, 0.15) is 71.6 Å². The Morgan fingerprint density at radius 2 is 1.69 bits per heavy atom. The van der Waals surface area contributed by atoms with E-state index in [1.54, 1.807) is 13.0 Å². The molecule has 2 amide bonds. The summed E-state index contributed by atoms with van der Waals surface area (Å²) in [6.45, 7) is 7.88. The minimum absolute atomic E-state index is 0.109. The van der Waals surface area contributed by atoms with Gasteiger partial charge in [0, 0.05) is 24.9 Å². The number of rotatable bonds is 16. The summed E-state index contributed by atoms with van der Waals surface area (Å²) in [6, 6.07) is 0. The van der Waals surface area contributed by atoms with Crippen molar-refractivity contribution in [1.82, 2.24) is 10.6 Å². The second-order valence-electron chi connectivity index (χ2n) is 7.22. The van der Waals surface area contributed by atoms with Gasteiger partial charge in [-0.05, 0) is 12.8 Å². The Hall–Kier alpha value is -1.40. The fraction of sp³-hybridized carbons (Fsp3) is 0.800. The van der Waals surface area contributed by atoms with Crippen LogP contribution >= 0.6 is 0 Å². The normalized spacial score (nSPS) is 14.3. The number of hydrogen-bond donors (Lipinski definition) is 4. The smallest absolute Gasteiger partial charge is 0.249 e. The van der Waals surface area contributed by atoms with Crippen molar-refractivity contribution in [3.05, 3.63) is 12.7 Å². The average Bonchev–Trinajstić information content (AvgIpc) is 2.63. The highest BCUT2D eigenvalue weighted by Gasteiger charge is 2.36. The molecule has 0 aliphatic carbocycles. The van der Waals surface area contributed by atoms with Crippen molar-refractivity contribution in [1.29, 1.82) is 0 Å². The lowest BCUT2D eigenvalue weighted by Gasteiger charge is -2.30. The lowest BCUT2D eigenvalue weighted by molar-refractivity contribution is -0.138. The van der Waals surface area contributed by atoms with Crippen LogP contribution in [0, 0.1) is 5.41 Å². The second-order valence-corrected chi connectivity index (χ2v) is 7.22. The molecule has 0 saturated heterocycles. The number of unbranched alkanes of at least 4 members (excludes halogenated alkanes) is 6. The predicted molar refractivity (Wildman–Crippen MR) is 105 cm³/mol. The van der Waals surface area contributed by atoms with E-state index in [0.717, 1.165) is 12.8 Å². The first kappa shape index (κ1) is 24.6. The van der Waals surface area contributed by atoms with Crippen LogP contribution < -0.4 is 10.6 Å². The molecule has 0 saturated carbocycles. The Morgan fingerprint density at radius 3 is 2.27 bits per heavy atom. The summed E-state index contributed by atoms with van der Waals surface area (Å²) >= 11 is 0. The molecule has 2 atom stereocenters. The molecule has 0 aliphatic heterocycles. The Morgan fingerprint density at radius 1 is 1.08 bits per heavy atom. The first-order valence-electron chi connectivity index (χ1n) is 9.85. The monoisotopic (exact) mass is 370 g/mol. The third kappa shape index (κ3) is 10.6. The molecule has 152 valence electrons. The minimum atomic E-state index is -1.35. The average molecular weight is 371 g/mol. The highest BCUT2D eigenvalue weighted by Crippen LogP contribution is 2.26. The Labute approximate surface area is 158 Å². The molecule has 0 aromatic carbocycles. The van der Waals surface area contributed by atoms with E-state index < -0.39 is 17.4 Å². The molecule has 0 heterocycles. The number of nitrogens with one attached hydrogen (secondary N) is 2. The third-order valence-electron chi connectivity index (χ3n) is 4.63. The zero-order valence-corrected chi connectivity index (χ0v) is 16.6. The maximum absolute atomic E-state index is 12.0. The van der Waals surface area contributed by atoms with Gasteiger partial charge in [-0.1, -0.05) is 58.4 Å². The van der Waals surface area contributed by atoms with Gasteiger partial charge in [-0.2, -0.15) is 0 Å². The van der Waals surface area contributed by atoms with Crippen LogP contribution in [-0.4, -0.2) is 47.8 Å². The zero-order chi connectivity index (χ0) is 19.8. The SMILES string of the molecule is C=CC[C@](C)(CO)[C@@H](O)C(=O)NCCC(=O)NCCCCCCCCC. The summed E-state index contributed by atoms with van der Waals surface area (Å²) in [5, 5.41) is 24.9. The van der Waals surface area contributed by atoms with Crippen LogP contribution in [0.2, 0.25) is 0 Å². The van der Waals surface area contributed by atoms with E-state index >= 15 is 0 Å². The molecular formula is C20H38N2O4. The largest absolute Gasteiger partial charge is 0.396 e. The van der Waals surface area contributed by atoms with Crippen LogP contribution in [0.5, 0.6) is 0 Å². The summed E-state index contributed by atoms with van der Waals surface area (Å²) in [6.07, 6.45) is 9.09. The number of aliphatic hydroxyl groups is 2. The van der Waals surface area contributed by atoms with E-state index in [-0.39, 0.29) is 25.5 Å². The molecule has 0 radical (unpaired) electrons. The van der Waals surface area contributed by atoms with Crippen LogP contribution in [0.4, 0.5) is 0 Å². The van der Waals surface area contributed by atoms with Gasteiger partial charge in [0.1, 0.15) is 6.10 Å². The quantitative estimate of drug-likeness (QED) is 0.247. The highest BCUT2D eigenvalue weighted by molar-refractivity contribution is 5.82. The van der Waals surface area contributed by atoms with Crippen LogP contribution in [0.15, 0.2) is 12.7 Å². The van der Waals surface area contributed by atoms with Gasteiger partial charge in [0.15, 0.2) is 0 Å². The first-order chi connectivity index (χ1) is 12.4. The molecule has 4 N–H and O–H groups in total. The number of allylic oxidation sites excluding steroid dienone is 1. The predicted octanol–water partition coefficient (Wildman–Crippen LogP) is 2.30. The van der Waals surface area contributed by atoms with Gasteiger partial charge in [-0.25, -0.2) is 0 Å². The van der Waals surface area contributed by atoms with Gasteiger partial charge in [0.2, 0.25) is 11.8 Å². The van der Waals surface area contributed by atoms with Crippen LogP contribution in [0.25, 0.3) is 0 Å². The van der Waals surface area contributed by atoms with Crippen molar-refractivity contribution >= 4 is 11.8 Å². The minimum Gasteiger partial charge on any atom is -0.396 e. The van der Waals surface area contributed by atoms with E-state index in [4.69, 9.17) is 0 Å². The lowest BCUT2D eigenvalue weighted by atomic mass is 9.81. The second kappa shape index (κ2) is 14.7. The van der Waals surface area contributed by atoms with Crippen molar-refractivity contribution in [2.45, 2.75) is 77.7 Å². The van der Waals surface area contributed by atoms with Crippen LogP contribution in [0.3, 0.4) is 0 Å². The summed E-state index contributed by atoms with van der Waals surface area (Å²) < 4.78 is 0. The van der Waals surface area contributed by atoms with Crippen molar-refractivity contribution in [2.24, 2.45) is 5.41 Å². The maximum Gasteiger partial charge on any atom is 0.249 e. The standard InChI is InChI=1S/C20H38N2O4/c1-4-6-7-8-9-10-11-14-21-17(24)12-15-22-19(26)18(25)20(3,16-23)13-5-2/h5,18,23,25H,2,4,6-16H2,1,3H3,(H,21,24)(H,22,26)/t18-,20+/m0/s1. The fourth-order valence-corrected chi connectivity index (χ4v) is 2.70. The molecular weight excluding hydrogens is 332 g/mol. The van der Waals surface area contributed by atoms with Crippen molar-refractivity contribution < 1.29 is 19.8 Å². The molecule has 6 nitrogen and oxygen atoms in total. The number of carbonyl (C=O) groups excluding carboxylic acids is 2. The number of amides is 2. The fourth-order valence-electron chi connectivity index (χ4n) is 2.70. The Bertz CT molecular complexity index is 415. The molecule has 0 rings (SSSR count). The van der Waals surface area contributed by atoms with Gasteiger partial charge in [-0.3, -0.25) is 9.59 Å². The van der Waals surface area contributed by atoms with Gasteiger partial charge in [0.25, 0.3) is 0 Å². The highest BCUT2D eigenvalue weighted by atomic mass is 16.3. The number of carbonyl (C=O) groups is 2. The molecule has 0 aromatic heterocycles.